The number of benzene rings is 1. The van der Waals surface area contributed by atoms with E-state index < -0.39 is 18.1 Å². The van der Waals surface area contributed by atoms with Crippen molar-refractivity contribution in [3.8, 4) is 0 Å². The lowest BCUT2D eigenvalue weighted by atomic mass is 9.97. The predicted octanol–water partition coefficient (Wildman–Crippen LogP) is -3.31. The molecule has 204 valence electrons. The lowest BCUT2D eigenvalue weighted by molar-refractivity contribution is -0.122. The number of hydrogen-bond donors (Lipinski definition) is 9. The third-order valence-electron chi connectivity index (χ3n) is 5.71. The molecule has 0 bridgehead atoms. The van der Waals surface area contributed by atoms with Crippen LogP contribution in [0.2, 0.25) is 0 Å². The van der Waals surface area contributed by atoms with Gasteiger partial charge in [-0.3, -0.25) is 14.4 Å². The number of hydrogen-bond acceptors (Lipinski definition) is 9. The van der Waals surface area contributed by atoms with E-state index in [2.05, 4.69) is 34.1 Å². The van der Waals surface area contributed by atoms with Gasteiger partial charge in [-0.05, 0) is 55.2 Å². The van der Waals surface area contributed by atoms with Gasteiger partial charge in [-0.1, -0.05) is 18.2 Å². The first kappa shape index (κ1) is 31.4. The third kappa shape index (κ3) is 12.4. The summed E-state index contributed by atoms with van der Waals surface area (Å²) in [7, 11) is 0. The van der Waals surface area contributed by atoms with Crippen LogP contribution in [0.1, 0.15) is 36.0 Å². The second-order valence-electron chi connectivity index (χ2n) is 8.87. The van der Waals surface area contributed by atoms with Gasteiger partial charge in [0.2, 0.25) is 17.7 Å². The maximum Gasteiger partial charge on any atom is 0.238 e. The standard InChI is InChI=1S/C24H45N9O3/c25-13-19(28)22(34)31-7-1-4-16-10-17(5-2-8-32-23(35)20(29)14-26)12-18(11-16)6-3-9-33-24(36)21(30)15-27/h10-12,19-21H,1-9,13-15,25-30H2,(H,31,34)(H,32,35)(H,33,36). The molecule has 15 N–H and O–H groups in total. The summed E-state index contributed by atoms with van der Waals surface area (Å²) in [5.74, 6) is -0.751. The zero-order valence-electron chi connectivity index (χ0n) is 21.1. The van der Waals surface area contributed by atoms with Crippen molar-refractivity contribution < 1.29 is 14.4 Å². The summed E-state index contributed by atoms with van der Waals surface area (Å²) in [5.41, 5.74) is 36.6. The SMILES string of the molecule is NCC(N)C(=O)NCCCc1cc(CCCNC(=O)C(N)CN)cc(CCCNC(=O)C(N)CN)c1. The molecule has 36 heavy (non-hydrogen) atoms. The number of aryl methyl sites for hydroxylation is 3. The van der Waals surface area contributed by atoms with Crippen LogP contribution in [-0.2, 0) is 33.6 Å². The van der Waals surface area contributed by atoms with E-state index in [4.69, 9.17) is 34.4 Å². The molecule has 1 aromatic rings. The van der Waals surface area contributed by atoms with Gasteiger partial charge in [-0.15, -0.1) is 0 Å². The van der Waals surface area contributed by atoms with E-state index in [1.54, 1.807) is 0 Å². The Hall–Kier alpha value is -2.61. The molecule has 0 aliphatic rings. The smallest absolute Gasteiger partial charge is 0.238 e. The molecule has 12 heteroatoms. The highest BCUT2D eigenvalue weighted by molar-refractivity contribution is 5.82. The summed E-state index contributed by atoms with van der Waals surface area (Å²) in [5, 5.41) is 8.41. The van der Waals surface area contributed by atoms with Crippen molar-refractivity contribution in [1.82, 2.24) is 16.0 Å². The lowest BCUT2D eigenvalue weighted by Crippen LogP contribution is -2.45. The monoisotopic (exact) mass is 507 g/mol. The van der Waals surface area contributed by atoms with Gasteiger partial charge in [0.25, 0.3) is 0 Å². The number of nitrogens with two attached hydrogens (primary N) is 6. The van der Waals surface area contributed by atoms with Crippen LogP contribution in [0.25, 0.3) is 0 Å². The van der Waals surface area contributed by atoms with E-state index in [-0.39, 0.29) is 37.4 Å². The van der Waals surface area contributed by atoms with E-state index in [1.165, 1.54) is 0 Å². The average Bonchev–Trinajstić information content (AvgIpc) is 2.89. The third-order valence-corrected chi connectivity index (χ3v) is 5.71. The first-order valence-corrected chi connectivity index (χ1v) is 12.5. The molecule has 3 unspecified atom stereocenters. The summed E-state index contributed by atoms with van der Waals surface area (Å²) in [6, 6.07) is 4.35. The van der Waals surface area contributed by atoms with Gasteiger partial charge in [0.1, 0.15) is 0 Å². The molecule has 0 fully saturated rings. The highest BCUT2D eigenvalue weighted by Crippen LogP contribution is 2.15. The fourth-order valence-corrected chi connectivity index (χ4v) is 3.50. The molecule has 0 aliphatic heterocycles. The van der Waals surface area contributed by atoms with Gasteiger partial charge < -0.3 is 50.4 Å². The average molecular weight is 508 g/mol. The normalized spacial score (nSPS) is 13.5. The molecular weight excluding hydrogens is 462 g/mol. The lowest BCUT2D eigenvalue weighted by Gasteiger charge is -2.13. The molecule has 0 saturated heterocycles. The molecule has 12 nitrogen and oxygen atoms in total. The Morgan fingerprint density at radius 1 is 0.556 bits per heavy atom. The van der Waals surface area contributed by atoms with Crippen LogP contribution in [0.3, 0.4) is 0 Å². The molecule has 0 spiro atoms. The van der Waals surface area contributed by atoms with Crippen molar-refractivity contribution in [2.45, 2.75) is 56.7 Å². The minimum absolute atomic E-state index is 0.106. The highest BCUT2D eigenvalue weighted by atomic mass is 16.2. The second-order valence-corrected chi connectivity index (χ2v) is 8.87. The Morgan fingerprint density at radius 3 is 1.03 bits per heavy atom. The largest absolute Gasteiger partial charge is 0.355 e. The van der Waals surface area contributed by atoms with Gasteiger partial charge in [0.15, 0.2) is 0 Å². The van der Waals surface area contributed by atoms with Crippen molar-refractivity contribution in [1.29, 1.82) is 0 Å². The Bertz CT molecular complexity index is 705. The van der Waals surface area contributed by atoms with E-state index >= 15 is 0 Å². The molecule has 0 aliphatic carbocycles. The Balaban J connectivity index is 2.68. The predicted molar refractivity (Wildman–Crippen MR) is 142 cm³/mol. The topological polar surface area (TPSA) is 243 Å². The van der Waals surface area contributed by atoms with Crippen LogP contribution in [-0.4, -0.2) is 75.1 Å². The molecule has 0 heterocycles. The summed E-state index contributed by atoms with van der Waals surface area (Å²) >= 11 is 0. The van der Waals surface area contributed by atoms with Crippen LogP contribution < -0.4 is 50.4 Å². The van der Waals surface area contributed by atoms with Crippen LogP contribution in [0.5, 0.6) is 0 Å². The Labute approximate surface area is 213 Å². The summed E-state index contributed by atoms with van der Waals surface area (Å²) in [6.45, 7) is 1.84. The molecule has 1 rings (SSSR count). The van der Waals surface area contributed by atoms with Crippen molar-refractivity contribution in [3.05, 3.63) is 34.9 Å². The molecule has 0 radical (unpaired) electrons. The highest BCUT2D eigenvalue weighted by Gasteiger charge is 2.12. The van der Waals surface area contributed by atoms with Gasteiger partial charge >= 0.3 is 0 Å². The van der Waals surface area contributed by atoms with Crippen LogP contribution in [0.4, 0.5) is 0 Å². The van der Waals surface area contributed by atoms with Gasteiger partial charge in [0.05, 0.1) is 18.1 Å². The van der Waals surface area contributed by atoms with Crippen molar-refractivity contribution in [2.75, 3.05) is 39.3 Å². The zero-order chi connectivity index (χ0) is 26.9. The van der Waals surface area contributed by atoms with Gasteiger partial charge in [-0.25, -0.2) is 0 Å². The molecule has 0 aromatic heterocycles. The number of carbonyl (C=O) groups is 3. The summed E-state index contributed by atoms with van der Waals surface area (Å²) < 4.78 is 0. The van der Waals surface area contributed by atoms with Crippen molar-refractivity contribution >= 4 is 17.7 Å². The Morgan fingerprint density at radius 2 is 0.806 bits per heavy atom. The first-order valence-electron chi connectivity index (χ1n) is 12.5. The summed E-state index contributed by atoms with van der Waals surface area (Å²) in [6.07, 6.45) is 4.61. The van der Waals surface area contributed by atoms with Crippen molar-refractivity contribution in [3.63, 3.8) is 0 Å². The zero-order valence-corrected chi connectivity index (χ0v) is 21.1. The van der Waals surface area contributed by atoms with Crippen LogP contribution >= 0.6 is 0 Å². The fraction of sp³-hybridized carbons (Fsp3) is 0.625. The summed E-state index contributed by atoms with van der Waals surface area (Å²) in [4.78, 5) is 35.4. The number of nitrogens with one attached hydrogen (secondary N) is 3. The Kier molecular flexibility index (Phi) is 15.5. The molecule has 3 atom stereocenters. The van der Waals surface area contributed by atoms with E-state index in [0.29, 0.717) is 19.6 Å². The van der Waals surface area contributed by atoms with E-state index in [1.807, 2.05) is 0 Å². The first-order chi connectivity index (χ1) is 17.2. The molecule has 0 saturated carbocycles. The molecule has 1 aromatic carbocycles. The number of carbonyl (C=O) groups excluding carboxylic acids is 3. The van der Waals surface area contributed by atoms with Crippen LogP contribution in [0.15, 0.2) is 18.2 Å². The minimum Gasteiger partial charge on any atom is -0.355 e. The maximum atomic E-state index is 11.8. The molecular formula is C24H45N9O3. The fourth-order valence-electron chi connectivity index (χ4n) is 3.50. The number of amides is 3. The van der Waals surface area contributed by atoms with E-state index in [0.717, 1.165) is 55.2 Å². The maximum absolute atomic E-state index is 11.8. The molecule has 3 amide bonds. The van der Waals surface area contributed by atoms with Gasteiger partial charge in [0, 0.05) is 39.3 Å². The van der Waals surface area contributed by atoms with Gasteiger partial charge in [-0.2, -0.15) is 0 Å². The number of rotatable bonds is 18. The minimum atomic E-state index is -0.695. The second kappa shape index (κ2) is 17.8. The van der Waals surface area contributed by atoms with Crippen molar-refractivity contribution in [2.24, 2.45) is 34.4 Å². The van der Waals surface area contributed by atoms with Crippen LogP contribution in [0, 0.1) is 0 Å². The van der Waals surface area contributed by atoms with E-state index in [9.17, 15) is 14.4 Å². The quantitative estimate of drug-likeness (QED) is 0.0901.